The Morgan fingerprint density at radius 1 is 0.570 bits per heavy atom. The Kier molecular flexibility index (Phi) is 53.9. The number of thioether (sulfide) groups is 3. The number of carbonyl (C=O) groups is 21. The number of ketones is 3. The summed E-state index contributed by atoms with van der Waals surface area (Å²) in [7, 11) is 3.99. The minimum Gasteiger partial charge on any atom is -0.480 e. The molecule has 3 fully saturated rings. The standard InChI is InChI=1S/C92H138N10O37S3/c1-48-17-13-12-14-18-49(2)66(131-9)35-56-22-20-54(7)92(130,139-56)81(117)85(121)102-30-16-15-19-63(102)89(128)136-67(36-64(103)50(3)32-53(6)79(80(133-11)78(116)52(5)31-48)138-77(115)45-142-42-62(84(120)98-39-74(111)112)101-71(106)29-25-59(95)88(126)127)51(4)33-55-21-26-65(68(34-55)132-10)137-90(129)91(8,46-134-75(113)43-140-40-60(82(118)96-37-72(107)108)99-69(104)27-23-57(93)86(122)123)47-135-76(114)44-141-41-61(83(119)97-38-73(109)110)100-70(105)28-24-58(94)87(124)125/h12-14,17-18,32,48,50-52,54-63,65-68,79-80,130H,15-16,19-31,33-47,93-95H2,1-11H3,(H,96,118)(H,97,119)(H,98,120)(H,99,104)(H,100,105)(H,101,106)(H,107,108)(H,109,110)(H,111,112)(H,122,123)(H,124,125)(H,126,127)/b14-12+,17-13-,49-18+,53-32+/t48-,50+,51+,52+,54+,55-,56-,57-,58-,59-,60-,61-,62-,63-,65+,66-,67?,68+,79+,80-,92+/m0/s1. The van der Waals surface area contributed by atoms with Gasteiger partial charge in [0.05, 0.1) is 35.6 Å². The van der Waals surface area contributed by atoms with E-state index < -0.39 is 343 Å². The average Bonchev–Trinajstić information content (AvgIpc) is 0.770. The van der Waals surface area contributed by atoms with Gasteiger partial charge in [-0.25, -0.2) is 4.79 Å². The van der Waals surface area contributed by atoms with Crippen LogP contribution in [0.15, 0.2) is 47.6 Å². The van der Waals surface area contributed by atoms with E-state index in [1.54, 1.807) is 45.1 Å². The van der Waals surface area contributed by atoms with E-state index in [2.05, 4.69) is 31.9 Å². The van der Waals surface area contributed by atoms with Gasteiger partial charge in [0.2, 0.25) is 41.2 Å². The highest BCUT2D eigenvalue weighted by atomic mass is 32.2. The summed E-state index contributed by atoms with van der Waals surface area (Å²) >= 11 is 2.11. The number of carboxylic acids is 6. The van der Waals surface area contributed by atoms with E-state index in [4.69, 9.17) is 59.8 Å². The molecule has 0 aromatic carbocycles. The number of fused-ring (bicyclic) bond motifs is 3. The van der Waals surface area contributed by atoms with Crippen LogP contribution < -0.4 is 49.1 Å². The smallest absolute Gasteiger partial charge is 0.329 e. The lowest BCUT2D eigenvalue weighted by Gasteiger charge is -2.42. The second-order valence-corrected chi connectivity index (χ2v) is 39.1. The molecular weight excluding hydrogens is 1930 g/mol. The summed E-state index contributed by atoms with van der Waals surface area (Å²) in [5.41, 5.74) is 15.3. The average molecular weight is 2070 g/mol. The first-order valence-electron chi connectivity index (χ1n) is 46.4. The van der Waals surface area contributed by atoms with Crippen LogP contribution in [0.5, 0.6) is 0 Å². The summed E-state index contributed by atoms with van der Waals surface area (Å²) in [6.45, 7) is 8.06. The molecule has 4 aliphatic rings. The number of aliphatic carboxylic acids is 6. The number of esters is 5. The number of rotatable bonds is 49. The number of nitrogens with zero attached hydrogens (tertiary/aromatic N) is 1. The van der Waals surface area contributed by atoms with E-state index in [9.17, 15) is 127 Å². The number of nitrogens with two attached hydrogens (primary N) is 3. The molecule has 796 valence electrons. The number of Topliss-reactive ketones (excluding diaryl/α,β-unsaturated/α-hetero) is 3. The fourth-order valence-corrected chi connectivity index (χ4v) is 18.3. The zero-order valence-electron chi connectivity index (χ0n) is 81.5. The SMILES string of the molecule is CO[C@H]1C[C@@H]2CC[C@@H](C)[C@@](O)(O2)C(=O)C(=O)N2CCCC[C@H]2C(=O)OC([C@H](C)C[C@@H]2CC[C@@H](OC(=O)C(C)(COC(=O)CSC[C@H](NC(=O)CC[C@H](N)C(=O)O)C(=O)NCC(=O)O)COC(=O)CSC[C@H](NC(=O)CC[C@H](N)C(=O)O)C(=O)NCC(=O)O)[C@H](OC)C2)CC(=O)[C@H](C)/C=C(\C)[C@@H](OC(=O)CSC[C@H](NC(=O)CC[C@H](N)C(=O)O)C(=O)NCC(=O)O)[C@@H](OC)C(=O)[C@H](C)C[C@@H](C)\C=C/C=C/C=C/1C. The predicted molar refractivity (Wildman–Crippen MR) is 507 cm³/mol. The maximum atomic E-state index is 15.3. The monoisotopic (exact) mass is 2070 g/mol. The summed E-state index contributed by atoms with van der Waals surface area (Å²) in [5, 5.41) is 81.3. The Bertz CT molecular complexity index is 4440. The third-order valence-corrected chi connectivity index (χ3v) is 27.3. The maximum absolute atomic E-state index is 15.3. The molecule has 0 spiro atoms. The number of carboxylic acid groups (broad SMARTS) is 6. The highest BCUT2D eigenvalue weighted by Gasteiger charge is 2.54. The minimum absolute atomic E-state index is 0.00920. The van der Waals surface area contributed by atoms with E-state index in [-0.39, 0.29) is 88.7 Å². The normalized spacial score (nSPS) is 25.8. The third kappa shape index (κ3) is 42.6. The van der Waals surface area contributed by atoms with Gasteiger partial charge in [-0.1, -0.05) is 71.1 Å². The van der Waals surface area contributed by atoms with Gasteiger partial charge in [-0.3, -0.25) is 95.9 Å². The number of nitrogens with one attached hydrogen (secondary N) is 6. The first-order valence-corrected chi connectivity index (χ1v) is 49.8. The first kappa shape index (κ1) is 123. The van der Waals surface area contributed by atoms with Crippen LogP contribution in [0, 0.1) is 40.9 Å². The molecule has 0 aromatic rings. The lowest BCUT2D eigenvalue weighted by atomic mass is 9.78. The van der Waals surface area contributed by atoms with Crippen molar-refractivity contribution in [2.24, 2.45) is 58.1 Å². The van der Waals surface area contributed by atoms with Crippen molar-refractivity contribution in [2.45, 2.75) is 262 Å². The molecule has 3 aliphatic heterocycles. The Morgan fingerprint density at radius 3 is 1.51 bits per heavy atom. The summed E-state index contributed by atoms with van der Waals surface area (Å²) < 4.78 is 54.0. The van der Waals surface area contributed by atoms with Crippen LogP contribution in [-0.4, -0.2) is 351 Å². The van der Waals surface area contributed by atoms with Crippen molar-refractivity contribution in [3.05, 3.63) is 47.6 Å². The quantitative estimate of drug-likeness (QED) is 0.0167. The van der Waals surface area contributed by atoms with Crippen LogP contribution in [-0.2, 0) is 143 Å². The molecule has 0 radical (unpaired) electrons. The number of carbonyl (C=O) groups excluding carboxylic acids is 15. The highest BCUT2D eigenvalue weighted by molar-refractivity contribution is 8.00. The number of cyclic esters (lactones) is 1. The summed E-state index contributed by atoms with van der Waals surface area (Å²) in [5.74, 6) is -33.5. The molecule has 142 heavy (non-hydrogen) atoms. The van der Waals surface area contributed by atoms with Crippen LogP contribution >= 0.6 is 35.3 Å². The van der Waals surface area contributed by atoms with E-state index >= 15 is 9.59 Å². The Hall–Kier alpha value is -10.8. The second kappa shape index (κ2) is 62.0. The molecule has 19 N–H and O–H groups in total. The summed E-state index contributed by atoms with van der Waals surface area (Å²) in [4.78, 5) is 279. The summed E-state index contributed by atoms with van der Waals surface area (Å²) in [6, 6.07) is -10.4. The topological polar surface area (TPSA) is 737 Å². The third-order valence-electron chi connectivity index (χ3n) is 24.2. The lowest BCUT2D eigenvalue weighted by Crippen LogP contribution is -2.61. The van der Waals surface area contributed by atoms with Crippen molar-refractivity contribution < 1.29 is 179 Å². The molecule has 47 nitrogen and oxygen atoms in total. The fraction of sp³-hybridized carbons (Fsp3) is 0.685. The molecule has 2 saturated heterocycles. The number of methoxy groups -OCH3 is 3. The van der Waals surface area contributed by atoms with Crippen molar-refractivity contribution in [3.63, 3.8) is 0 Å². The van der Waals surface area contributed by atoms with Gasteiger partial charge in [0.1, 0.15) is 98.5 Å². The van der Waals surface area contributed by atoms with Gasteiger partial charge < -0.3 is 132 Å². The zero-order chi connectivity index (χ0) is 107. The number of allylic oxidation sites excluding steroid dienone is 6. The molecule has 4 rings (SSSR count). The van der Waals surface area contributed by atoms with Crippen molar-refractivity contribution in [3.8, 4) is 0 Å². The van der Waals surface area contributed by atoms with Gasteiger partial charge >= 0.3 is 65.7 Å². The Balaban J connectivity index is 1.81. The van der Waals surface area contributed by atoms with Gasteiger partial charge in [0.15, 0.2) is 18.0 Å². The van der Waals surface area contributed by atoms with Crippen LogP contribution in [0.1, 0.15) is 171 Å². The molecular formula is C92H138N10O37S3. The summed E-state index contributed by atoms with van der Waals surface area (Å²) in [6.07, 6.45) is 1.12. The second-order valence-electron chi connectivity index (χ2n) is 36.0. The predicted octanol–water partition coefficient (Wildman–Crippen LogP) is 0.208. The number of hydrogen-bond donors (Lipinski definition) is 16. The molecule has 1 saturated carbocycles. The van der Waals surface area contributed by atoms with E-state index in [0.717, 1.165) is 22.2 Å². The van der Waals surface area contributed by atoms with Gasteiger partial charge in [0, 0.05) is 95.0 Å². The van der Waals surface area contributed by atoms with Gasteiger partial charge in [-0.05, 0) is 133 Å². The minimum atomic E-state index is -2.67. The van der Waals surface area contributed by atoms with Gasteiger partial charge in [-0.15, -0.1) is 35.3 Å². The van der Waals surface area contributed by atoms with Crippen LogP contribution in [0.2, 0.25) is 0 Å². The lowest BCUT2D eigenvalue weighted by molar-refractivity contribution is -0.265. The Morgan fingerprint density at radius 2 is 1.06 bits per heavy atom. The van der Waals surface area contributed by atoms with Crippen LogP contribution in [0.4, 0.5) is 0 Å². The van der Waals surface area contributed by atoms with E-state index in [0.29, 0.717) is 42.8 Å². The van der Waals surface area contributed by atoms with Crippen molar-refractivity contribution in [1.29, 1.82) is 0 Å². The van der Waals surface area contributed by atoms with Crippen LogP contribution in [0.3, 0.4) is 0 Å². The molecule has 2 bridgehead atoms. The number of amides is 7. The molecule has 3 heterocycles. The molecule has 0 aromatic heterocycles. The molecule has 21 atom stereocenters. The van der Waals surface area contributed by atoms with E-state index in [1.807, 2.05) is 19.9 Å². The highest BCUT2D eigenvalue weighted by Crippen LogP contribution is 2.40. The number of ether oxygens (including phenoxy) is 9. The number of piperidine rings is 1. The van der Waals surface area contributed by atoms with Gasteiger partial charge in [-0.2, -0.15) is 0 Å². The van der Waals surface area contributed by atoms with Crippen LogP contribution in [0.25, 0.3) is 0 Å². The van der Waals surface area contributed by atoms with E-state index in [1.165, 1.54) is 48.2 Å². The maximum Gasteiger partial charge on any atom is 0.329 e. The number of hydrogen-bond acceptors (Lipinski definition) is 37. The van der Waals surface area contributed by atoms with Crippen molar-refractivity contribution in [2.75, 3.05) is 95.2 Å². The molecule has 1 unspecified atom stereocenters. The Labute approximate surface area is 834 Å². The number of aliphatic hydroxyl groups is 1. The van der Waals surface area contributed by atoms with Crippen molar-refractivity contribution in [1.82, 2.24) is 36.8 Å². The largest absolute Gasteiger partial charge is 0.480 e. The fourth-order valence-electron chi connectivity index (χ4n) is 15.8. The van der Waals surface area contributed by atoms with Gasteiger partial charge in [0.25, 0.3) is 11.7 Å². The molecule has 1 aliphatic carbocycles. The molecule has 7 amide bonds. The zero-order valence-corrected chi connectivity index (χ0v) is 84.0. The molecule has 50 heteroatoms. The first-order chi connectivity index (χ1) is 66.8. The van der Waals surface area contributed by atoms with Crippen molar-refractivity contribution >= 4 is 160 Å².